The van der Waals surface area contributed by atoms with Crippen LogP contribution in [0, 0.1) is 0 Å². The minimum absolute atomic E-state index is 0.345. The average Bonchev–Trinajstić information content (AvgIpc) is 2.25. The maximum absolute atomic E-state index is 3.70. The number of nitrogens with one attached hydrogen (secondary N) is 1. The van der Waals surface area contributed by atoms with Crippen molar-refractivity contribution in [2.45, 2.75) is 57.4 Å². The fourth-order valence-corrected chi connectivity index (χ4v) is 2.43. The van der Waals surface area contributed by atoms with Crippen molar-refractivity contribution in [3.63, 3.8) is 0 Å². The van der Waals surface area contributed by atoms with Gasteiger partial charge in [0.25, 0.3) is 0 Å². The third kappa shape index (κ3) is 4.64. The Kier molecular flexibility index (Phi) is 5.62. The number of hydrogen-bond donors (Lipinski definition) is 1. The van der Waals surface area contributed by atoms with E-state index in [4.69, 9.17) is 0 Å². The lowest BCUT2D eigenvalue weighted by Gasteiger charge is -2.41. The summed E-state index contributed by atoms with van der Waals surface area (Å²) in [6.45, 7) is 12.9. The van der Waals surface area contributed by atoms with E-state index in [1.165, 1.54) is 25.9 Å². The topological polar surface area (TPSA) is 15.3 Å². The first-order chi connectivity index (χ1) is 7.43. The molecule has 0 aliphatic carbocycles. The van der Waals surface area contributed by atoms with Crippen molar-refractivity contribution in [2.75, 3.05) is 25.9 Å². The summed E-state index contributed by atoms with van der Waals surface area (Å²) >= 11 is 1.95. The van der Waals surface area contributed by atoms with Crippen molar-refractivity contribution >= 4 is 11.8 Å². The van der Waals surface area contributed by atoms with Crippen LogP contribution in [0.4, 0.5) is 0 Å². The maximum Gasteiger partial charge on any atom is 0.0141 e. The first-order valence-corrected chi connectivity index (χ1v) is 7.73. The van der Waals surface area contributed by atoms with E-state index in [0.717, 1.165) is 17.8 Å². The second kappa shape index (κ2) is 6.27. The summed E-state index contributed by atoms with van der Waals surface area (Å²) in [6, 6.07) is 0.744. The Morgan fingerprint density at radius 2 is 1.88 bits per heavy atom. The predicted octanol–water partition coefficient (Wildman–Crippen LogP) is 2.59. The quantitative estimate of drug-likeness (QED) is 0.818. The molecule has 1 N–H and O–H groups in total. The van der Waals surface area contributed by atoms with E-state index in [9.17, 15) is 0 Å². The maximum atomic E-state index is 3.70. The number of likely N-dealkylation sites (tertiary alicyclic amines) is 1. The standard InChI is InChI=1S/C13H28N2S/c1-11(16-5)10-14-12-6-8-15(9-7-12)13(2,3)4/h11-12,14H,6-10H2,1-5H3. The molecule has 0 radical (unpaired) electrons. The molecular weight excluding hydrogens is 216 g/mol. The molecule has 1 fully saturated rings. The van der Waals surface area contributed by atoms with Gasteiger partial charge < -0.3 is 5.32 Å². The SMILES string of the molecule is CSC(C)CNC1CCN(C(C)(C)C)CC1. The molecule has 0 amide bonds. The van der Waals surface area contributed by atoms with Gasteiger partial charge in [-0.05, 0) is 39.9 Å². The molecule has 0 aromatic rings. The molecule has 1 atom stereocenters. The highest BCUT2D eigenvalue weighted by Gasteiger charge is 2.26. The lowest BCUT2D eigenvalue weighted by atomic mass is 9.98. The van der Waals surface area contributed by atoms with Gasteiger partial charge in [-0.3, -0.25) is 4.90 Å². The highest BCUT2D eigenvalue weighted by atomic mass is 32.2. The van der Waals surface area contributed by atoms with Crippen LogP contribution in [0.5, 0.6) is 0 Å². The first kappa shape index (κ1) is 14.3. The lowest BCUT2D eigenvalue weighted by molar-refractivity contribution is 0.0965. The molecule has 3 heteroatoms. The molecule has 16 heavy (non-hydrogen) atoms. The van der Waals surface area contributed by atoms with Gasteiger partial charge in [0.15, 0.2) is 0 Å². The van der Waals surface area contributed by atoms with E-state index in [2.05, 4.69) is 44.2 Å². The number of nitrogens with zero attached hydrogens (tertiary/aromatic N) is 1. The van der Waals surface area contributed by atoms with E-state index < -0.39 is 0 Å². The monoisotopic (exact) mass is 244 g/mol. The Morgan fingerprint density at radius 3 is 2.31 bits per heavy atom. The van der Waals surface area contributed by atoms with Crippen LogP contribution in [-0.4, -0.2) is 47.6 Å². The van der Waals surface area contributed by atoms with Crippen LogP contribution in [0.15, 0.2) is 0 Å². The van der Waals surface area contributed by atoms with Crippen LogP contribution in [0.2, 0.25) is 0 Å². The highest BCUT2D eigenvalue weighted by Crippen LogP contribution is 2.20. The van der Waals surface area contributed by atoms with Crippen molar-refractivity contribution in [2.24, 2.45) is 0 Å². The molecule has 0 aromatic carbocycles. The number of rotatable bonds is 4. The molecule has 1 heterocycles. The summed E-state index contributed by atoms with van der Waals surface area (Å²) in [4.78, 5) is 2.60. The average molecular weight is 244 g/mol. The van der Waals surface area contributed by atoms with E-state index in [-0.39, 0.29) is 0 Å². The fraction of sp³-hybridized carbons (Fsp3) is 1.00. The summed E-state index contributed by atoms with van der Waals surface area (Å²) in [7, 11) is 0. The van der Waals surface area contributed by atoms with E-state index >= 15 is 0 Å². The molecule has 2 nitrogen and oxygen atoms in total. The van der Waals surface area contributed by atoms with E-state index in [0.29, 0.717) is 5.54 Å². The van der Waals surface area contributed by atoms with E-state index in [1.54, 1.807) is 0 Å². The minimum Gasteiger partial charge on any atom is -0.313 e. The second-order valence-electron chi connectivity index (χ2n) is 5.89. The molecule has 0 bridgehead atoms. The Labute approximate surface area is 106 Å². The summed E-state index contributed by atoms with van der Waals surface area (Å²) in [6.07, 6.45) is 4.80. The Bertz CT molecular complexity index is 193. The van der Waals surface area contributed by atoms with Gasteiger partial charge in [0, 0.05) is 36.5 Å². The molecule has 1 unspecified atom stereocenters. The number of piperidine rings is 1. The van der Waals surface area contributed by atoms with Crippen LogP contribution < -0.4 is 5.32 Å². The molecule has 1 rings (SSSR count). The lowest BCUT2D eigenvalue weighted by Crippen LogP contribution is -2.50. The van der Waals surface area contributed by atoms with Crippen LogP contribution in [0.3, 0.4) is 0 Å². The highest BCUT2D eigenvalue weighted by molar-refractivity contribution is 7.99. The zero-order valence-electron chi connectivity index (χ0n) is 11.5. The van der Waals surface area contributed by atoms with E-state index in [1.807, 2.05) is 11.8 Å². The summed E-state index contributed by atoms with van der Waals surface area (Å²) < 4.78 is 0. The fourth-order valence-electron chi connectivity index (χ4n) is 2.17. The van der Waals surface area contributed by atoms with Gasteiger partial charge >= 0.3 is 0 Å². The van der Waals surface area contributed by atoms with Gasteiger partial charge in [-0.25, -0.2) is 0 Å². The molecule has 1 saturated heterocycles. The minimum atomic E-state index is 0.345. The van der Waals surface area contributed by atoms with Crippen LogP contribution in [0.1, 0.15) is 40.5 Å². The smallest absolute Gasteiger partial charge is 0.0141 e. The van der Waals surface area contributed by atoms with Crippen molar-refractivity contribution in [3.05, 3.63) is 0 Å². The molecule has 1 aliphatic rings. The van der Waals surface area contributed by atoms with Gasteiger partial charge in [0.1, 0.15) is 0 Å². The van der Waals surface area contributed by atoms with Crippen molar-refractivity contribution in [1.82, 2.24) is 10.2 Å². The summed E-state index contributed by atoms with van der Waals surface area (Å²) in [5.41, 5.74) is 0.345. The van der Waals surface area contributed by atoms with Gasteiger partial charge in [0.2, 0.25) is 0 Å². The van der Waals surface area contributed by atoms with Gasteiger partial charge in [-0.15, -0.1) is 0 Å². The number of hydrogen-bond acceptors (Lipinski definition) is 3. The molecule has 96 valence electrons. The Balaban J connectivity index is 2.22. The molecular formula is C13H28N2S. The number of thioether (sulfide) groups is 1. The van der Waals surface area contributed by atoms with Crippen molar-refractivity contribution in [3.8, 4) is 0 Å². The zero-order valence-corrected chi connectivity index (χ0v) is 12.4. The Morgan fingerprint density at radius 1 is 1.31 bits per heavy atom. The molecule has 0 aromatic heterocycles. The third-order valence-electron chi connectivity index (χ3n) is 3.54. The Hall–Kier alpha value is 0.270. The second-order valence-corrected chi connectivity index (χ2v) is 7.16. The van der Waals surface area contributed by atoms with Crippen molar-refractivity contribution in [1.29, 1.82) is 0 Å². The predicted molar refractivity (Wildman–Crippen MR) is 75.3 cm³/mol. The van der Waals surface area contributed by atoms with Gasteiger partial charge in [-0.1, -0.05) is 6.92 Å². The van der Waals surface area contributed by atoms with Crippen LogP contribution >= 0.6 is 11.8 Å². The molecule has 0 spiro atoms. The summed E-state index contributed by atoms with van der Waals surface area (Å²) in [5, 5.41) is 4.43. The van der Waals surface area contributed by atoms with Crippen LogP contribution in [0.25, 0.3) is 0 Å². The molecule has 1 aliphatic heterocycles. The largest absolute Gasteiger partial charge is 0.313 e. The first-order valence-electron chi connectivity index (χ1n) is 6.44. The van der Waals surface area contributed by atoms with Gasteiger partial charge in [-0.2, -0.15) is 11.8 Å². The summed E-state index contributed by atoms with van der Waals surface area (Å²) in [5.74, 6) is 0. The zero-order chi connectivity index (χ0) is 12.2. The third-order valence-corrected chi connectivity index (χ3v) is 4.51. The van der Waals surface area contributed by atoms with Gasteiger partial charge in [0.05, 0.1) is 0 Å². The molecule has 0 saturated carbocycles. The normalized spacial score (nSPS) is 22.3. The van der Waals surface area contributed by atoms with Crippen LogP contribution in [-0.2, 0) is 0 Å². The van der Waals surface area contributed by atoms with Crippen molar-refractivity contribution < 1.29 is 0 Å².